The second-order valence-electron chi connectivity index (χ2n) is 2.95. The van der Waals surface area contributed by atoms with E-state index in [-0.39, 0.29) is 6.42 Å². The second kappa shape index (κ2) is 5.75. The number of benzene rings is 1. The fourth-order valence-electron chi connectivity index (χ4n) is 1.01. The summed E-state index contributed by atoms with van der Waals surface area (Å²) >= 11 is 0. The highest BCUT2D eigenvalue weighted by molar-refractivity contribution is 5.96. The summed E-state index contributed by atoms with van der Waals surface area (Å²) in [6, 6.07) is 8.41. The van der Waals surface area contributed by atoms with Crippen LogP contribution >= 0.6 is 0 Å². The van der Waals surface area contributed by atoms with Crippen molar-refractivity contribution < 1.29 is 14.3 Å². The first-order valence-electron chi connectivity index (χ1n) is 4.65. The van der Waals surface area contributed by atoms with E-state index in [4.69, 9.17) is 0 Å². The van der Waals surface area contributed by atoms with Crippen molar-refractivity contribution in [3.05, 3.63) is 48.6 Å². The molecule has 3 nitrogen and oxygen atoms in total. The van der Waals surface area contributed by atoms with Gasteiger partial charge in [-0.3, -0.25) is 4.79 Å². The molecule has 0 fully saturated rings. The SMILES string of the molecule is C=CCCC(=O)OC(=O)c1ccccc1. The summed E-state index contributed by atoms with van der Waals surface area (Å²) in [5, 5.41) is 0. The third-order valence-electron chi connectivity index (χ3n) is 1.77. The molecule has 1 aromatic rings. The molecule has 1 aromatic carbocycles. The molecule has 0 aromatic heterocycles. The van der Waals surface area contributed by atoms with Crippen LogP contribution in [-0.4, -0.2) is 11.9 Å². The van der Waals surface area contributed by atoms with E-state index in [0.717, 1.165) is 0 Å². The lowest BCUT2D eigenvalue weighted by molar-refractivity contribution is -0.137. The smallest absolute Gasteiger partial charge is 0.345 e. The van der Waals surface area contributed by atoms with E-state index in [0.29, 0.717) is 12.0 Å². The van der Waals surface area contributed by atoms with Crippen LogP contribution in [-0.2, 0) is 9.53 Å². The van der Waals surface area contributed by atoms with Gasteiger partial charge in [0.15, 0.2) is 0 Å². The summed E-state index contributed by atoms with van der Waals surface area (Å²) in [6.07, 6.45) is 2.30. The first-order valence-corrected chi connectivity index (χ1v) is 4.65. The third kappa shape index (κ3) is 3.77. The van der Waals surface area contributed by atoms with Crippen LogP contribution in [0.1, 0.15) is 23.2 Å². The Morgan fingerprint density at radius 3 is 2.53 bits per heavy atom. The Kier molecular flexibility index (Phi) is 4.29. The molecule has 0 spiro atoms. The molecular weight excluding hydrogens is 192 g/mol. The van der Waals surface area contributed by atoms with E-state index in [1.807, 2.05) is 0 Å². The first kappa shape index (κ1) is 11.2. The average Bonchev–Trinajstić information content (AvgIpc) is 2.27. The van der Waals surface area contributed by atoms with Gasteiger partial charge in [-0.2, -0.15) is 0 Å². The van der Waals surface area contributed by atoms with Crippen molar-refractivity contribution in [1.82, 2.24) is 0 Å². The third-order valence-corrected chi connectivity index (χ3v) is 1.77. The van der Waals surface area contributed by atoms with Crippen LogP contribution in [0.5, 0.6) is 0 Å². The predicted molar refractivity (Wildman–Crippen MR) is 56.3 cm³/mol. The first-order chi connectivity index (χ1) is 7.24. The molecular formula is C12H12O3. The van der Waals surface area contributed by atoms with Gasteiger partial charge in [-0.1, -0.05) is 24.3 Å². The number of hydrogen-bond donors (Lipinski definition) is 0. The number of carbonyl (C=O) groups excluding carboxylic acids is 2. The maximum absolute atomic E-state index is 11.3. The van der Waals surface area contributed by atoms with Gasteiger partial charge in [0, 0.05) is 6.42 Å². The standard InChI is InChI=1S/C12H12O3/c1-2-3-9-11(13)15-12(14)10-7-5-4-6-8-10/h2,4-8H,1,3,9H2. The van der Waals surface area contributed by atoms with Gasteiger partial charge >= 0.3 is 11.9 Å². The minimum absolute atomic E-state index is 0.183. The number of ether oxygens (including phenoxy) is 1. The lowest BCUT2D eigenvalue weighted by Crippen LogP contribution is -2.11. The summed E-state index contributed by atoms with van der Waals surface area (Å²) in [5.74, 6) is -1.13. The van der Waals surface area contributed by atoms with E-state index in [1.54, 1.807) is 36.4 Å². The Bertz CT molecular complexity index is 354. The van der Waals surface area contributed by atoms with E-state index in [1.165, 1.54) is 0 Å². The van der Waals surface area contributed by atoms with E-state index in [2.05, 4.69) is 11.3 Å². The van der Waals surface area contributed by atoms with Gasteiger partial charge in [-0.25, -0.2) is 4.79 Å². The molecule has 0 aliphatic heterocycles. The maximum Gasteiger partial charge on any atom is 0.345 e. The zero-order valence-corrected chi connectivity index (χ0v) is 8.31. The van der Waals surface area contributed by atoms with Gasteiger partial charge in [-0.15, -0.1) is 6.58 Å². The summed E-state index contributed by atoms with van der Waals surface area (Å²) in [4.78, 5) is 22.4. The van der Waals surface area contributed by atoms with Crippen molar-refractivity contribution in [2.75, 3.05) is 0 Å². The Hall–Kier alpha value is -1.90. The highest BCUT2D eigenvalue weighted by Gasteiger charge is 2.11. The highest BCUT2D eigenvalue weighted by atomic mass is 16.6. The molecule has 0 atom stereocenters. The molecule has 3 heteroatoms. The lowest BCUT2D eigenvalue weighted by Gasteiger charge is -2.01. The average molecular weight is 204 g/mol. The van der Waals surface area contributed by atoms with Gasteiger partial charge < -0.3 is 4.74 Å². The number of hydrogen-bond acceptors (Lipinski definition) is 3. The van der Waals surface area contributed by atoms with Crippen LogP contribution < -0.4 is 0 Å². The highest BCUT2D eigenvalue weighted by Crippen LogP contribution is 2.03. The number of carbonyl (C=O) groups is 2. The Morgan fingerprint density at radius 2 is 1.93 bits per heavy atom. The van der Waals surface area contributed by atoms with Crippen molar-refractivity contribution in [2.24, 2.45) is 0 Å². The Labute approximate surface area is 88.4 Å². The van der Waals surface area contributed by atoms with Crippen molar-refractivity contribution in [3.63, 3.8) is 0 Å². The summed E-state index contributed by atoms with van der Waals surface area (Å²) in [7, 11) is 0. The van der Waals surface area contributed by atoms with Gasteiger partial charge in [0.2, 0.25) is 0 Å². The van der Waals surface area contributed by atoms with E-state index >= 15 is 0 Å². The molecule has 0 bridgehead atoms. The minimum Gasteiger partial charge on any atom is -0.389 e. The van der Waals surface area contributed by atoms with Crippen molar-refractivity contribution >= 4 is 11.9 Å². The van der Waals surface area contributed by atoms with Gasteiger partial charge in [0.05, 0.1) is 5.56 Å². The molecule has 0 amide bonds. The number of rotatable bonds is 4. The van der Waals surface area contributed by atoms with Crippen LogP contribution in [0.3, 0.4) is 0 Å². The van der Waals surface area contributed by atoms with Crippen LogP contribution in [0.15, 0.2) is 43.0 Å². The van der Waals surface area contributed by atoms with Crippen molar-refractivity contribution in [1.29, 1.82) is 0 Å². The van der Waals surface area contributed by atoms with Gasteiger partial charge in [0.25, 0.3) is 0 Å². The molecule has 15 heavy (non-hydrogen) atoms. The molecule has 0 saturated heterocycles. The minimum atomic E-state index is -0.607. The van der Waals surface area contributed by atoms with Gasteiger partial charge in [0.1, 0.15) is 0 Å². The monoisotopic (exact) mass is 204 g/mol. The maximum atomic E-state index is 11.3. The zero-order valence-electron chi connectivity index (χ0n) is 8.31. The number of esters is 2. The van der Waals surface area contributed by atoms with Crippen LogP contribution in [0.4, 0.5) is 0 Å². The Morgan fingerprint density at radius 1 is 1.27 bits per heavy atom. The summed E-state index contributed by atoms with van der Waals surface area (Å²) < 4.78 is 4.61. The fraction of sp³-hybridized carbons (Fsp3) is 0.167. The fourth-order valence-corrected chi connectivity index (χ4v) is 1.01. The Balaban J connectivity index is 2.49. The van der Waals surface area contributed by atoms with Crippen molar-refractivity contribution in [3.8, 4) is 0 Å². The number of allylic oxidation sites excluding steroid dienone is 1. The van der Waals surface area contributed by atoms with E-state index < -0.39 is 11.9 Å². The molecule has 78 valence electrons. The molecule has 0 aliphatic rings. The molecule has 0 saturated carbocycles. The summed E-state index contributed by atoms with van der Waals surface area (Å²) in [5.41, 5.74) is 0.379. The summed E-state index contributed by atoms with van der Waals surface area (Å²) in [6.45, 7) is 3.48. The normalized spacial score (nSPS) is 9.33. The lowest BCUT2D eigenvalue weighted by atomic mass is 10.2. The van der Waals surface area contributed by atoms with Crippen LogP contribution in [0.2, 0.25) is 0 Å². The van der Waals surface area contributed by atoms with Crippen LogP contribution in [0.25, 0.3) is 0 Å². The zero-order chi connectivity index (χ0) is 11.1. The molecule has 0 radical (unpaired) electrons. The molecule has 0 heterocycles. The molecule has 1 rings (SSSR count). The molecule has 0 N–H and O–H groups in total. The topological polar surface area (TPSA) is 43.4 Å². The second-order valence-corrected chi connectivity index (χ2v) is 2.95. The van der Waals surface area contributed by atoms with E-state index in [9.17, 15) is 9.59 Å². The van der Waals surface area contributed by atoms with Crippen molar-refractivity contribution in [2.45, 2.75) is 12.8 Å². The predicted octanol–water partition coefficient (Wildman–Crippen LogP) is 2.34. The largest absolute Gasteiger partial charge is 0.389 e. The molecule has 0 aliphatic carbocycles. The van der Waals surface area contributed by atoms with Gasteiger partial charge in [-0.05, 0) is 18.6 Å². The molecule has 0 unspecified atom stereocenters. The quantitative estimate of drug-likeness (QED) is 0.429. The van der Waals surface area contributed by atoms with Crippen LogP contribution in [0, 0.1) is 0 Å².